The van der Waals surface area contributed by atoms with Gasteiger partial charge < -0.3 is 14.8 Å². The maximum atomic E-state index is 12.9. The van der Waals surface area contributed by atoms with Crippen molar-refractivity contribution in [3.05, 3.63) is 59.7 Å². The summed E-state index contributed by atoms with van der Waals surface area (Å²) >= 11 is 0. The van der Waals surface area contributed by atoms with E-state index in [1.165, 1.54) is 6.92 Å². The maximum Gasteiger partial charge on any atom is 0.251 e. The van der Waals surface area contributed by atoms with Crippen LogP contribution in [0.25, 0.3) is 11.1 Å². The average Bonchev–Trinajstić information content (AvgIpc) is 2.88. The predicted molar refractivity (Wildman–Crippen MR) is 144 cm³/mol. The fourth-order valence-electron chi connectivity index (χ4n) is 3.49. The number of ether oxygens (including phenoxy) is 2. The number of rotatable bonds is 16. The van der Waals surface area contributed by atoms with Gasteiger partial charge >= 0.3 is 0 Å². The molecule has 37 heavy (non-hydrogen) atoms. The van der Waals surface area contributed by atoms with E-state index in [4.69, 9.17) is 9.47 Å². The van der Waals surface area contributed by atoms with Gasteiger partial charge in [-0.3, -0.25) is 19.2 Å². The van der Waals surface area contributed by atoms with Gasteiger partial charge in [0.25, 0.3) is 5.91 Å². The SMILES string of the molecule is CC(=O)c1ccc(-c2ccc(C(=O)NC(COCCC(=O)C(C)C)COCCC(=O)C(C)C)cc2)cc1. The summed E-state index contributed by atoms with van der Waals surface area (Å²) in [6.07, 6.45) is 0.633. The van der Waals surface area contributed by atoms with E-state index in [-0.39, 0.29) is 61.5 Å². The first-order valence-electron chi connectivity index (χ1n) is 12.8. The van der Waals surface area contributed by atoms with E-state index < -0.39 is 6.04 Å². The molecule has 7 nitrogen and oxygen atoms in total. The Morgan fingerprint density at radius 1 is 0.676 bits per heavy atom. The van der Waals surface area contributed by atoms with Gasteiger partial charge in [0.1, 0.15) is 11.6 Å². The summed E-state index contributed by atoms with van der Waals surface area (Å²) < 4.78 is 11.3. The fraction of sp³-hybridized carbons (Fsp3) is 0.467. The Bertz CT molecular complexity index is 1010. The zero-order valence-corrected chi connectivity index (χ0v) is 22.5. The van der Waals surface area contributed by atoms with E-state index in [2.05, 4.69) is 5.32 Å². The van der Waals surface area contributed by atoms with Crippen LogP contribution in [0.15, 0.2) is 48.5 Å². The highest BCUT2D eigenvalue weighted by Gasteiger charge is 2.16. The van der Waals surface area contributed by atoms with Crippen molar-refractivity contribution >= 4 is 23.3 Å². The Hall–Kier alpha value is -3.16. The van der Waals surface area contributed by atoms with Crippen molar-refractivity contribution in [2.24, 2.45) is 11.8 Å². The highest BCUT2D eigenvalue weighted by atomic mass is 16.5. The van der Waals surface area contributed by atoms with Crippen LogP contribution in [0.5, 0.6) is 0 Å². The number of nitrogens with one attached hydrogen (secondary N) is 1. The van der Waals surface area contributed by atoms with Crippen molar-refractivity contribution in [1.82, 2.24) is 5.32 Å². The molecule has 2 aromatic rings. The van der Waals surface area contributed by atoms with Crippen LogP contribution in [0.1, 0.15) is 68.2 Å². The van der Waals surface area contributed by atoms with Crippen LogP contribution in [0, 0.1) is 11.8 Å². The van der Waals surface area contributed by atoms with Gasteiger partial charge in [0.15, 0.2) is 5.78 Å². The van der Waals surface area contributed by atoms with E-state index in [9.17, 15) is 19.2 Å². The Kier molecular flexibility index (Phi) is 12.3. The summed E-state index contributed by atoms with van der Waals surface area (Å²) in [5.41, 5.74) is 3.01. The fourth-order valence-corrected chi connectivity index (χ4v) is 3.49. The first-order chi connectivity index (χ1) is 17.6. The largest absolute Gasteiger partial charge is 0.379 e. The maximum absolute atomic E-state index is 12.9. The molecule has 1 N–H and O–H groups in total. The molecule has 0 spiro atoms. The smallest absolute Gasteiger partial charge is 0.251 e. The van der Waals surface area contributed by atoms with Gasteiger partial charge in [-0.15, -0.1) is 0 Å². The van der Waals surface area contributed by atoms with Crippen LogP contribution in [0.4, 0.5) is 0 Å². The van der Waals surface area contributed by atoms with Gasteiger partial charge in [0, 0.05) is 35.8 Å². The van der Waals surface area contributed by atoms with Gasteiger partial charge in [0.05, 0.1) is 32.5 Å². The first-order valence-corrected chi connectivity index (χ1v) is 12.8. The Labute approximate surface area is 219 Å². The lowest BCUT2D eigenvalue weighted by atomic mass is 10.0. The van der Waals surface area contributed by atoms with E-state index in [1.54, 1.807) is 24.3 Å². The van der Waals surface area contributed by atoms with Crippen LogP contribution >= 0.6 is 0 Å². The molecule has 0 aliphatic carbocycles. The molecule has 0 radical (unpaired) electrons. The molecule has 0 aliphatic heterocycles. The van der Waals surface area contributed by atoms with Crippen molar-refractivity contribution in [2.75, 3.05) is 26.4 Å². The van der Waals surface area contributed by atoms with Crippen LogP contribution < -0.4 is 5.32 Å². The molecule has 0 heterocycles. The zero-order chi connectivity index (χ0) is 27.4. The van der Waals surface area contributed by atoms with E-state index in [1.807, 2.05) is 52.0 Å². The molecular weight excluding hydrogens is 470 g/mol. The third-order valence-electron chi connectivity index (χ3n) is 6.02. The number of hydrogen-bond donors (Lipinski definition) is 1. The summed E-state index contributed by atoms with van der Waals surface area (Å²) in [6.45, 7) is 9.86. The lowest BCUT2D eigenvalue weighted by molar-refractivity contribution is -0.123. The van der Waals surface area contributed by atoms with Gasteiger partial charge in [0.2, 0.25) is 0 Å². The molecular formula is C30H39NO6. The molecule has 2 aromatic carbocycles. The third kappa shape index (κ3) is 10.4. The predicted octanol–water partition coefficient (Wildman–Crippen LogP) is 4.92. The number of benzene rings is 2. The van der Waals surface area contributed by atoms with E-state index in [0.29, 0.717) is 24.0 Å². The molecule has 0 saturated carbocycles. The van der Waals surface area contributed by atoms with Crippen molar-refractivity contribution in [3.63, 3.8) is 0 Å². The highest BCUT2D eigenvalue weighted by molar-refractivity contribution is 5.95. The molecule has 2 rings (SSSR count). The van der Waals surface area contributed by atoms with Crippen LogP contribution in [-0.2, 0) is 19.1 Å². The topological polar surface area (TPSA) is 98.8 Å². The minimum Gasteiger partial charge on any atom is -0.379 e. The Morgan fingerprint density at radius 2 is 1.08 bits per heavy atom. The number of amides is 1. The van der Waals surface area contributed by atoms with E-state index >= 15 is 0 Å². The number of carbonyl (C=O) groups excluding carboxylic acids is 4. The standard InChI is InChI=1S/C30H39NO6/c1-20(2)28(33)14-16-36-18-27(19-37-17-15-29(34)21(3)4)31-30(35)26-12-10-25(11-13-26)24-8-6-23(7-9-24)22(5)32/h6-13,20-21,27H,14-19H2,1-5H3,(H,31,35). The molecule has 0 fully saturated rings. The monoisotopic (exact) mass is 509 g/mol. The first kappa shape index (κ1) is 30.1. The van der Waals surface area contributed by atoms with Crippen molar-refractivity contribution in [2.45, 2.75) is 53.5 Å². The van der Waals surface area contributed by atoms with Gasteiger partial charge in [-0.05, 0) is 30.2 Å². The third-order valence-corrected chi connectivity index (χ3v) is 6.02. The molecule has 1 amide bonds. The minimum absolute atomic E-state index is 0.0131. The summed E-state index contributed by atoms with van der Waals surface area (Å²) in [6, 6.07) is 14.1. The lowest BCUT2D eigenvalue weighted by Gasteiger charge is -2.19. The molecule has 0 aliphatic rings. The minimum atomic E-state index is -0.436. The molecule has 0 unspecified atom stereocenters. The number of carbonyl (C=O) groups is 4. The normalized spacial score (nSPS) is 11.2. The Morgan fingerprint density at radius 3 is 1.46 bits per heavy atom. The van der Waals surface area contributed by atoms with Gasteiger partial charge in [-0.2, -0.15) is 0 Å². The number of hydrogen-bond acceptors (Lipinski definition) is 6. The molecule has 200 valence electrons. The number of ketones is 3. The second kappa shape index (κ2) is 15.2. The molecule has 7 heteroatoms. The molecule has 0 saturated heterocycles. The van der Waals surface area contributed by atoms with Crippen LogP contribution in [0.3, 0.4) is 0 Å². The van der Waals surface area contributed by atoms with E-state index in [0.717, 1.165) is 11.1 Å². The van der Waals surface area contributed by atoms with Crippen LogP contribution in [-0.4, -0.2) is 55.7 Å². The second-order valence-electron chi connectivity index (χ2n) is 9.77. The highest BCUT2D eigenvalue weighted by Crippen LogP contribution is 2.20. The van der Waals surface area contributed by atoms with Crippen molar-refractivity contribution in [1.29, 1.82) is 0 Å². The Balaban J connectivity index is 1.97. The molecule has 0 bridgehead atoms. The van der Waals surface area contributed by atoms with Gasteiger partial charge in [-0.1, -0.05) is 64.1 Å². The summed E-state index contributed by atoms with van der Waals surface area (Å²) in [5, 5.41) is 2.94. The quantitative estimate of drug-likeness (QED) is 0.255. The summed E-state index contributed by atoms with van der Waals surface area (Å²) in [4.78, 5) is 48.1. The van der Waals surface area contributed by atoms with Crippen LogP contribution in [0.2, 0.25) is 0 Å². The molecule has 0 atom stereocenters. The van der Waals surface area contributed by atoms with Gasteiger partial charge in [-0.25, -0.2) is 0 Å². The average molecular weight is 510 g/mol. The summed E-state index contributed by atoms with van der Waals surface area (Å²) in [7, 11) is 0. The van der Waals surface area contributed by atoms with Crippen molar-refractivity contribution in [3.8, 4) is 11.1 Å². The lowest BCUT2D eigenvalue weighted by Crippen LogP contribution is -2.42. The summed E-state index contributed by atoms with van der Waals surface area (Å²) in [5.74, 6) is -0.0987. The van der Waals surface area contributed by atoms with Crippen molar-refractivity contribution < 1.29 is 28.7 Å². The molecule has 0 aromatic heterocycles. The second-order valence-corrected chi connectivity index (χ2v) is 9.77. The number of Topliss-reactive ketones (excluding diaryl/α,β-unsaturated/α-hetero) is 3. The zero-order valence-electron chi connectivity index (χ0n) is 22.5.